The Balaban J connectivity index is 1.31. The molecule has 5 nitrogen and oxygen atoms in total. The van der Waals surface area contributed by atoms with E-state index in [9.17, 15) is 4.79 Å². The number of ether oxygens (including phenoxy) is 1. The summed E-state index contributed by atoms with van der Waals surface area (Å²) >= 11 is 0. The Kier molecular flexibility index (Phi) is 5.08. The molecule has 0 saturated heterocycles. The van der Waals surface area contributed by atoms with E-state index in [1.165, 1.54) is 5.56 Å². The molecule has 1 aliphatic heterocycles. The average Bonchev–Trinajstić information content (AvgIpc) is 2.83. The molecule has 0 spiro atoms. The fourth-order valence-electron chi connectivity index (χ4n) is 4.04. The number of aryl methyl sites for hydroxylation is 1. The third-order valence-corrected chi connectivity index (χ3v) is 5.64. The van der Waals surface area contributed by atoms with Gasteiger partial charge in [0.1, 0.15) is 5.75 Å². The van der Waals surface area contributed by atoms with Crippen molar-refractivity contribution in [1.82, 2.24) is 9.97 Å². The number of aromatic nitrogens is 2. The van der Waals surface area contributed by atoms with Crippen molar-refractivity contribution in [1.29, 1.82) is 0 Å². The molecular formula is C26H23N3O2. The third kappa shape index (κ3) is 3.87. The first kappa shape index (κ1) is 19.2. The monoisotopic (exact) mass is 409 g/mol. The largest absolute Gasteiger partial charge is 0.481 e. The molecule has 0 saturated carbocycles. The van der Waals surface area contributed by atoms with Gasteiger partial charge in [-0.15, -0.1) is 0 Å². The summed E-state index contributed by atoms with van der Waals surface area (Å²) in [5.41, 5.74) is 5.71. The Hall–Kier alpha value is -3.73. The van der Waals surface area contributed by atoms with Crippen LogP contribution >= 0.6 is 0 Å². The molecule has 0 fully saturated rings. The first-order valence-electron chi connectivity index (χ1n) is 10.6. The highest BCUT2D eigenvalue weighted by atomic mass is 16.5. The van der Waals surface area contributed by atoms with E-state index in [0.717, 1.165) is 47.4 Å². The van der Waals surface area contributed by atoms with Crippen LogP contribution in [0.25, 0.3) is 22.3 Å². The summed E-state index contributed by atoms with van der Waals surface area (Å²) in [7, 11) is 0. The molecule has 5 heteroatoms. The molecule has 31 heavy (non-hydrogen) atoms. The smallest absolute Gasteiger partial charge is 0.267 e. The first-order valence-corrected chi connectivity index (χ1v) is 10.6. The molecule has 0 aliphatic carbocycles. The lowest BCUT2D eigenvalue weighted by Crippen LogP contribution is -2.43. The van der Waals surface area contributed by atoms with Crippen molar-refractivity contribution < 1.29 is 9.53 Å². The standard InChI is InChI=1S/C26H23N3O2/c1-18(26(30)29-16-6-8-20-7-2-5-11-25(20)29)31-21-14-12-19(13-15-21)24-17-27-22-9-3-4-10-23(22)28-24/h2-5,7,9-15,17-18H,6,8,16H2,1H3/t18-/m1/s1. The first-order chi connectivity index (χ1) is 15.2. The molecule has 0 radical (unpaired) electrons. The summed E-state index contributed by atoms with van der Waals surface area (Å²) in [6.07, 6.45) is 3.18. The number of carbonyl (C=O) groups is 1. The van der Waals surface area contributed by atoms with E-state index in [2.05, 4.69) is 16.0 Å². The number of benzene rings is 3. The topological polar surface area (TPSA) is 55.3 Å². The van der Waals surface area contributed by atoms with Crippen LogP contribution in [0.5, 0.6) is 5.75 Å². The van der Waals surface area contributed by atoms with Gasteiger partial charge >= 0.3 is 0 Å². The number of nitrogens with zero attached hydrogens (tertiary/aromatic N) is 3. The highest BCUT2D eigenvalue weighted by Gasteiger charge is 2.27. The van der Waals surface area contributed by atoms with Gasteiger partial charge in [0.05, 0.1) is 22.9 Å². The van der Waals surface area contributed by atoms with E-state index >= 15 is 0 Å². The second-order valence-corrected chi connectivity index (χ2v) is 7.75. The van der Waals surface area contributed by atoms with Gasteiger partial charge in [0, 0.05) is 17.8 Å². The number of para-hydroxylation sites is 3. The maximum absolute atomic E-state index is 13.1. The minimum absolute atomic E-state index is 0.0170. The predicted octanol–water partition coefficient (Wildman–Crippen LogP) is 5.04. The normalized spacial score (nSPS) is 14.2. The van der Waals surface area contributed by atoms with E-state index in [4.69, 9.17) is 4.74 Å². The van der Waals surface area contributed by atoms with Crippen LogP contribution in [0.3, 0.4) is 0 Å². The molecule has 1 amide bonds. The highest BCUT2D eigenvalue weighted by Crippen LogP contribution is 2.28. The zero-order valence-electron chi connectivity index (χ0n) is 17.4. The van der Waals surface area contributed by atoms with Gasteiger partial charge in [-0.2, -0.15) is 0 Å². The Labute approximate surface area is 181 Å². The van der Waals surface area contributed by atoms with Crippen molar-refractivity contribution >= 4 is 22.6 Å². The summed E-state index contributed by atoms with van der Waals surface area (Å²) in [5.74, 6) is 0.639. The minimum Gasteiger partial charge on any atom is -0.481 e. The van der Waals surface area contributed by atoms with E-state index in [1.807, 2.05) is 78.6 Å². The summed E-state index contributed by atoms with van der Waals surface area (Å²) in [6, 6.07) is 23.6. The second-order valence-electron chi connectivity index (χ2n) is 7.75. The van der Waals surface area contributed by atoms with Gasteiger partial charge in [-0.25, -0.2) is 4.98 Å². The maximum Gasteiger partial charge on any atom is 0.267 e. The molecule has 3 aromatic carbocycles. The Bertz CT molecular complexity index is 1240. The fourth-order valence-corrected chi connectivity index (χ4v) is 4.04. The van der Waals surface area contributed by atoms with Crippen LogP contribution in [0, 0.1) is 0 Å². The van der Waals surface area contributed by atoms with Crippen molar-refractivity contribution in [3.63, 3.8) is 0 Å². The van der Waals surface area contributed by atoms with Crippen LogP contribution in [0.4, 0.5) is 5.69 Å². The molecule has 0 bridgehead atoms. The lowest BCUT2D eigenvalue weighted by Gasteiger charge is -2.31. The Morgan fingerprint density at radius 1 is 0.968 bits per heavy atom. The van der Waals surface area contributed by atoms with Crippen molar-refractivity contribution in [3.05, 3.63) is 84.6 Å². The number of hydrogen-bond donors (Lipinski definition) is 0. The number of amides is 1. The van der Waals surface area contributed by atoms with Crippen molar-refractivity contribution in [2.24, 2.45) is 0 Å². The van der Waals surface area contributed by atoms with Crippen LogP contribution in [0.15, 0.2) is 79.0 Å². The van der Waals surface area contributed by atoms with Crippen LogP contribution in [-0.4, -0.2) is 28.5 Å². The van der Waals surface area contributed by atoms with Gasteiger partial charge in [0.2, 0.25) is 0 Å². The van der Waals surface area contributed by atoms with Crippen LogP contribution in [0.2, 0.25) is 0 Å². The number of rotatable bonds is 4. The predicted molar refractivity (Wildman–Crippen MR) is 122 cm³/mol. The lowest BCUT2D eigenvalue weighted by atomic mass is 10.0. The lowest BCUT2D eigenvalue weighted by molar-refractivity contribution is -0.124. The second kappa shape index (κ2) is 8.19. The third-order valence-electron chi connectivity index (χ3n) is 5.64. The maximum atomic E-state index is 13.1. The average molecular weight is 409 g/mol. The number of hydrogen-bond acceptors (Lipinski definition) is 4. The molecular weight excluding hydrogens is 386 g/mol. The molecule has 1 aromatic heterocycles. The fraction of sp³-hybridized carbons (Fsp3) is 0.192. The SMILES string of the molecule is C[C@@H](Oc1ccc(-c2cnc3ccccc3n2)cc1)C(=O)N1CCCc2ccccc21. The Morgan fingerprint density at radius 3 is 2.55 bits per heavy atom. The molecule has 5 rings (SSSR count). The molecule has 0 unspecified atom stereocenters. The highest BCUT2D eigenvalue weighted by molar-refractivity contribution is 5.97. The van der Waals surface area contributed by atoms with Gasteiger partial charge in [0.25, 0.3) is 5.91 Å². The van der Waals surface area contributed by atoms with Gasteiger partial charge in [-0.1, -0.05) is 30.3 Å². The van der Waals surface area contributed by atoms with Crippen LogP contribution in [-0.2, 0) is 11.2 Å². The van der Waals surface area contributed by atoms with E-state index < -0.39 is 6.10 Å². The van der Waals surface area contributed by atoms with E-state index in [-0.39, 0.29) is 5.91 Å². The van der Waals surface area contributed by atoms with E-state index in [0.29, 0.717) is 5.75 Å². The molecule has 0 N–H and O–H groups in total. The molecule has 154 valence electrons. The zero-order valence-corrected chi connectivity index (χ0v) is 17.4. The zero-order chi connectivity index (χ0) is 21.2. The van der Waals surface area contributed by atoms with Gasteiger partial charge < -0.3 is 9.64 Å². The van der Waals surface area contributed by atoms with Crippen molar-refractivity contribution in [3.8, 4) is 17.0 Å². The number of carbonyl (C=O) groups excluding carboxylic acids is 1. The summed E-state index contributed by atoms with van der Waals surface area (Å²) in [4.78, 5) is 24.1. The Morgan fingerprint density at radius 2 is 1.71 bits per heavy atom. The summed E-state index contributed by atoms with van der Waals surface area (Å²) in [6.45, 7) is 2.53. The quantitative estimate of drug-likeness (QED) is 0.474. The van der Waals surface area contributed by atoms with Crippen LogP contribution in [0.1, 0.15) is 18.9 Å². The van der Waals surface area contributed by atoms with Gasteiger partial charge in [-0.05, 0) is 67.8 Å². The number of anilines is 1. The number of fused-ring (bicyclic) bond motifs is 2. The van der Waals surface area contributed by atoms with Crippen LogP contribution < -0.4 is 9.64 Å². The van der Waals surface area contributed by atoms with Gasteiger partial charge in [0.15, 0.2) is 6.10 Å². The molecule has 4 aromatic rings. The van der Waals surface area contributed by atoms with Crippen molar-refractivity contribution in [2.75, 3.05) is 11.4 Å². The van der Waals surface area contributed by atoms with Gasteiger partial charge in [-0.3, -0.25) is 9.78 Å². The van der Waals surface area contributed by atoms with Crippen molar-refractivity contribution in [2.45, 2.75) is 25.9 Å². The minimum atomic E-state index is -0.572. The summed E-state index contributed by atoms with van der Waals surface area (Å²) in [5, 5.41) is 0. The molecule has 2 heterocycles. The molecule has 1 aliphatic rings. The molecule has 1 atom stereocenters. The summed E-state index contributed by atoms with van der Waals surface area (Å²) < 4.78 is 5.98. The van der Waals surface area contributed by atoms with E-state index in [1.54, 1.807) is 6.20 Å².